The molecule has 7 heteroatoms. The van der Waals surface area contributed by atoms with Gasteiger partial charge in [-0.3, -0.25) is 0 Å². The van der Waals surface area contributed by atoms with Crippen molar-refractivity contribution in [1.82, 2.24) is 0 Å². The van der Waals surface area contributed by atoms with E-state index in [4.69, 9.17) is 20.7 Å². The van der Waals surface area contributed by atoms with Gasteiger partial charge in [0, 0.05) is 0 Å². The van der Waals surface area contributed by atoms with Gasteiger partial charge in [0.05, 0.1) is 12.6 Å². The Hall–Kier alpha value is -0.0231. The molecule has 1 fully saturated rings. The molecule has 1 heterocycles. The van der Waals surface area contributed by atoms with Crippen molar-refractivity contribution in [2.45, 2.75) is 30.6 Å². The van der Waals surface area contributed by atoms with Crippen molar-refractivity contribution >= 4 is 11.0 Å². The van der Waals surface area contributed by atoms with Crippen LogP contribution in [-0.4, -0.2) is 68.6 Å². The SMILES string of the molecule is N[C@H]1C(O)O[C@H](CO)[C@@H](O)[C@@H]1O.[SiH4]. The quantitative estimate of drug-likeness (QED) is 0.278. The van der Waals surface area contributed by atoms with Crippen molar-refractivity contribution in [3.63, 3.8) is 0 Å². The van der Waals surface area contributed by atoms with Crippen molar-refractivity contribution < 1.29 is 25.2 Å². The number of ether oxygens (including phenoxy) is 1. The first-order valence-electron chi connectivity index (χ1n) is 3.64. The molecule has 0 radical (unpaired) electrons. The van der Waals surface area contributed by atoms with Gasteiger partial charge in [-0.15, -0.1) is 0 Å². The maximum atomic E-state index is 9.20. The van der Waals surface area contributed by atoms with Crippen LogP contribution in [-0.2, 0) is 4.74 Å². The van der Waals surface area contributed by atoms with Crippen LogP contribution in [0.3, 0.4) is 0 Å². The summed E-state index contributed by atoms with van der Waals surface area (Å²) < 4.78 is 4.70. The topological polar surface area (TPSA) is 116 Å². The molecular weight excluding hydrogens is 194 g/mol. The number of hydrogen-bond acceptors (Lipinski definition) is 6. The molecule has 13 heavy (non-hydrogen) atoms. The average molecular weight is 211 g/mol. The summed E-state index contributed by atoms with van der Waals surface area (Å²) in [6, 6.07) is -1.04. The molecule has 1 saturated heterocycles. The fraction of sp³-hybridized carbons (Fsp3) is 1.00. The van der Waals surface area contributed by atoms with Gasteiger partial charge in [0.2, 0.25) is 0 Å². The van der Waals surface area contributed by atoms with Crippen LogP contribution in [0.5, 0.6) is 0 Å². The number of nitrogens with two attached hydrogens (primary N) is 1. The monoisotopic (exact) mass is 211 g/mol. The Bertz CT molecular complexity index is 155. The summed E-state index contributed by atoms with van der Waals surface area (Å²) in [6.45, 7) is -0.470. The van der Waals surface area contributed by atoms with E-state index in [1.165, 1.54) is 0 Å². The molecule has 0 saturated carbocycles. The zero-order valence-electron chi connectivity index (χ0n) is 6.37. The lowest BCUT2D eigenvalue weighted by Crippen LogP contribution is -2.61. The zero-order chi connectivity index (χ0) is 9.30. The summed E-state index contributed by atoms with van der Waals surface area (Å²) >= 11 is 0. The molecule has 1 aliphatic heterocycles. The first-order chi connectivity index (χ1) is 5.57. The Kier molecular flexibility index (Phi) is 5.00. The zero-order valence-corrected chi connectivity index (χ0v) is 6.37. The molecule has 1 aliphatic rings. The van der Waals surface area contributed by atoms with Gasteiger partial charge >= 0.3 is 0 Å². The highest BCUT2D eigenvalue weighted by molar-refractivity contribution is 5.75. The third-order valence-corrected chi connectivity index (χ3v) is 1.95. The summed E-state index contributed by atoms with van der Waals surface area (Å²) in [6.07, 6.45) is -4.85. The molecule has 0 aromatic heterocycles. The molecule has 6 N–H and O–H groups in total. The maximum absolute atomic E-state index is 9.20. The van der Waals surface area contributed by atoms with Gasteiger partial charge < -0.3 is 30.9 Å². The molecule has 80 valence electrons. The summed E-state index contributed by atoms with van der Waals surface area (Å²) in [4.78, 5) is 0. The summed E-state index contributed by atoms with van der Waals surface area (Å²) in [7, 11) is 0. The number of aliphatic hydroxyl groups excluding tert-OH is 4. The van der Waals surface area contributed by atoms with Crippen LogP contribution in [0, 0.1) is 0 Å². The number of rotatable bonds is 1. The minimum Gasteiger partial charge on any atom is -0.394 e. The van der Waals surface area contributed by atoms with Gasteiger partial charge in [0.15, 0.2) is 6.29 Å². The summed E-state index contributed by atoms with van der Waals surface area (Å²) in [5.41, 5.74) is 5.26. The summed E-state index contributed by atoms with van der Waals surface area (Å²) in [5.74, 6) is 0. The van der Waals surface area contributed by atoms with Crippen LogP contribution < -0.4 is 5.73 Å². The fourth-order valence-electron chi connectivity index (χ4n) is 1.12. The molecule has 0 amide bonds. The molecule has 1 rings (SSSR count). The van der Waals surface area contributed by atoms with E-state index in [2.05, 4.69) is 0 Å². The average Bonchev–Trinajstić information content (AvgIpc) is 2.08. The van der Waals surface area contributed by atoms with Crippen molar-refractivity contribution in [2.75, 3.05) is 6.61 Å². The van der Waals surface area contributed by atoms with Gasteiger partial charge in [-0.2, -0.15) is 0 Å². The third kappa shape index (κ3) is 2.47. The number of hydrogen-bond donors (Lipinski definition) is 5. The van der Waals surface area contributed by atoms with Crippen molar-refractivity contribution in [2.24, 2.45) is 5.73 Å². The highest BCUT2D eigenvalue weighted by Crippen LogP contribution is 2.17. The van der Waals surface area contributed by atoms with Gasteiger partial charge in [-0.25, -0.2) is 0 Å². The van der Waals surface area contributed by atoms with Crippen LogP contribution >= 0.6 is 0 Å². The normalized spacial score (nSPS) is 45.5. The van der Waals surface area contributed by atoms with Crippen LogP contribution in [0.2, 0.25) is 0 Å². The van der Waals surface area contributed by atoms with E-state index in [1.807, 2.05) is 0 Å². The second kappa shape index (κ2) is 5.01. The Labute approximate surface area is 80.0 Å². The molecule has 0 spiro atoms. The van der Waals surface area contributed by atoms with Crippen molar-refractivity contribution in [3.05, 3.63) is 0 Å². The van der Waals surface area contributed by atoms with E-state index in [1.54, 1.807) is 0 Å². The van der Waals surface area contributed by atoms with E-state index in [0.717, 1.165) is 0 Å². The van der Waals surface area contributed by atoms with Crippen LogP contribution in [0.1, 0.15) is 0 Å². The van der Waals surface area contributed by atoms with E-state index >= 15 is 0 Å². The van der Waals surface area contributed by atoms with Crippen LogP contribution in [0.4, 0.5) is 0 Å². The third-order valence-electron chi connectivity index (χ3n) is 1.95. The lowest BCUT2D eigenvalue weighted by molar-refractivity contribution is -0.248. The number of aliphatic hydroxyl groups is 4. The molecule has 0 aliphatic carbocycles. The lowest BCUT2D eigenvalue weighted by atomic mass is 9.98. The predicted octanol–water partition coefficient (Wildman–Crippen LogP) is -4.71. The highest BCUT2D eigenvalue weighted by atomic mass is 28.1. The van der Waals surface area contributed by atoms with Crippen molar-refractivity contribution in [1.29, 1.82) is 0 Å². The Morgan fingerprint density at radius 3 is 2.15 bits per heavy atom. The van der Waals surface area contributed by atoms with Gasteiger partial charge in [-0.05, 0) is 11.0 Å². The van der Waals surface area contributed by atoms with Gasteiger partial charge in [0.1, 0.15) is 18.3 Å². The highest BCUT2D eigenvalue weighted by Gasteiger charge is 2.41. The largest absolute Gasteiger partial charge is 0.394 e. The van der Waals surface area contributed by atoms with E-state index < -0.39 is 37.3 Å². The molecule has 0 aromatic rings. The molecular formula is C6H17NO5Si. The fourth-order valence-corrected chi connectivity index (χ4v) is 1.12. The van der Waals surface area contributed by atoms with Crippen LogP contribution in [0.15, 0.2) is 0 Å². The molecule has 0 bridgehead atoms. The lowest BCUT2D eigenvalue weighted by Gasteiger charge is -2.38. The summed E-state index contributed by atoms with van der Waals surface area (Å²) in [5, 5.41) is 36.1. The molecule has 6 nitrogen and oxygen atoms in total. The maximum Gasteiger partial charge on any atom is 0.173 e. The van der Waals surface area contributed by atoms with Crippen LogP contribution in [0.25, 0.3) is 0 Å². The molecule has 1 unspecified atom stereocenters. The smallest absolute Gasteiger partial charge is 0.173 e. The Morgan fingerprint density at radius 2 is 1.69 bits per heavy atom. The van der Waals surface area contributed by atoms with E-state index in [-0.39, 0.29) is 11.0 Å². The minimum atomic E-state index is -1.35. The first-order valence-corrected chi connectivity index (χ1v) is 3.64. The second-order valence-corrected chi connectivity index (χ2v) is 2.81. The molecule has 0 aromatic carbocycles. The van der Waals surface area contributed by atoms with E-state index in [0.29, 0.717) is 0 Å². The standard InChI is InChI=1S/C6H13NO5.H4Si/c7-3-5(10)4(9)2(1-8)12-6(3)11;/h2-6,8-11H,1,7H2;1H4/t2-,3-,4-,5-,6?;/m1./s1. The predicted molar refractivity (Wildman–Crippen MR) is 49.3 cm³/mol. The van der Waals surface area contributed by atoms with Gasteiger partial charge in [-0.1, -0.05) is 0 Å². The Morgan fingerprint density at radius 1 is 1.15 bits per heavy atom. The minimum absolute atomic E-state index is 0. The molecule has 5 atom stereocenters. The Balaban J connectivity index is 0.00000144. The second-order valence-electron chi connectivity index (χ2n) is 2.81. The first kappa shape index (κ1) is 13.0. The van der Waals surface area contributed by atoms with Crippen molar-refractivity contribution in [3.8, 4) is 0 Å². The van der Waals surface area contributed by atoms with Gasteiger partial charge in [0.25, 0.3) is 0 Å². The van der Waals surface area contributed by atoms with E-state index in [9.17, 15) is 10.2 Å².